The van der Waals surface area contributed by atoms with Crippen molar-refractivity contribution < 1.29 is 0 Å². The first-order valence-electron chi connectivity index (χ1n) is 7.09. The molecule has 1 N–H and O–H groups in total. The van der Waals surface area contributed by atoms with Crippen molar-refractivity contribution in [1.29, 1.82) is 0 Å². The quantitative estimate of drug-likeness (QED) is 0.767. The number of benzene rings is 1. The molecule has 0 aliphatic rings. The molecule has 2 aromatic rings. The van der Waals surface area contributed by atoms with Gasteiger partial charge in [0.05, 0.1) is 0 Å². The molecule has 1 heterocycles. The van der Waals surface area contributed by atoms with Crippen LogP contribution in [0.1, 0.15) is 25.0 Å². The Morgan fingerprint density at radius 1 is 1.10 bits per heavy atom. The summed E-state index contributed by atoms with van der Waals surface area (Å²) >= 11 is 0. The maximum absolute atomic E-state index is 4.09. The molecule has 108 valence electrons. The highest BCUT2D eigenvalue weighted by atomic mass is 14.9. The van der Waals surface area contributed by atoms with Crippen molar-refractivity contribution in [3.63, 3.8) is 0 Å². The van der Waals surface area contributed by atoms with Crippen molar-refractivity contribution in [1.82, 2.24) is 4.98 Å². The molecule has 21 heavy (non-hydrogen) atoms. The van der Waals surface area contributed by atoms with Crippen LogP contribution in [0.15, 0.2) is 73.7 Å². The first-order chi connectivity index (χ1) is 10.0. The molecule has 0 bridgehead atoms. The van der Waals surface area contributed by atoms with Crippen molar-refractivity contribution in [3.8, 4) is 0 Å². The van der Waals surface area contributed by atoms with Gasteiger partial charge in [-0.25, -0.2) is 0 Å². The Balaban J connectivity index is 2.02. The molecule has 0 fully saturated rings. The lowest BCUT2D eigenvalue weighted by Crippen LogP contribution is -2.16. The molecule has 2 heteroatoms. The second-order valence-corrected chi connectivity index (χ2v) is 5.76. The van der Waals surface area contributed by atoms with Gasteiger partial charge < -0.3 is 5.32 Å². The van der Waals surface area contributed by atoms with Crippen LogP contribution in [0.5, 0.6) is 0 Å². The number of hydrogen-bond donors (Lipinski definition) is 1. The molecule has 1 aromatic heterocycles. The standard InChI is InChI=1S/C19H22N2/c1-5-19(3,4)15(2)21-18-8-6-16(7-9-18)14-17-10-12-20-13-11-17/h5-13,21H,1-2,14H2,3-4H3. The number of nitrogens with one attached hydrogen (secondary N) is 1. The third kappa shape index (κ3) is 4.06. The molecule has 0 unspecified atom stereocenters. The summed E-state index contributed by atoms with van der Waals surface area (Å²) in [6, 6.07) is 12.5. The molecular formula is C19H22N2. The Morgan fingerprint density at radius 3 is 2.24 bits per heavy atom. The predicted octanol–water partition coefficient (Wildman–Crippen LogP) is 4.81. The maximum Gasteiger partial charge on any atom is 0.0382 e. The van der Waals surface area contributed by atoms with E-state index in [1.165, 1.54) is 11.1 Å². The molecule has 0 amide bonds. The zero-order chi connectivity index (χ0) is 15.3. The summed E-state index contributed by atoms with van der Waals surface area (Å²) < 4.78 is 0. The second-order valence-electron chi connectivity index (χ2n) is 5.76. The van der Waals surface area contributed by atoms with E-state index < -0.39 is 0 Å². The lowest BCUT2D eigenvalue weighted by molar-refractivity contribution is 0.588. The molecule has 0 aliphatic carbocycles. The summed E-state index contributed by atoms with van der Waals surface area (Å²) in [4.78, 5) is 4.04. The van der Waals surface area contributed by atoms with Gasteiger partial charge in [0.25, 0.3) is 0 Å². The fourth-order valence-corrected chi connectivity index (χ4v) is 1.90. The number of hydrogen-bond acceptors (Lipinski definition) is 2. The van der Waals surface area contributed by atoms with Crippen LogP contribution < -0.4 is 5.32 Å². The van der Waals surface area contributed by atoms with E-state index in [0.29, 0.717) is 0 Å². The molecule has 0 spiro atoms. The summed E-state index contributed by atoms with van der Waals surface area (Å²) in [5.74, 6) is 0. The molecule has 0 saturated heterocycles. The van der Waals surface area contributed by atoms with Crippen molar-refractivity contribution in [2.24, 2.45) is 5.41 Å². The van der Waals surface area contributed by atoms with Crippen molar-refractivity contribution in [2.45, 2.75) is 20.3 Å². The zero-order valence-corrected chi connectivity index (χ0v) is 12.8. The van der Waals surface area contributed by atoms with E-state index in [-0.39, 0.29) is 5.41 Å². The van der Waals surface area contributed by atoms with Gasteiger partial charge in [0.15, 0.2) is 0 Å². The van der Waals surface area contributed by atoms with Gasteiger partial charge in [-0.05, 0) is 41.8 Å². The molecule has 0 aliphatic heterocycles. The normalized spacial score (nSPS) is 11.0. The van der Waals surface area contributed by atoms with Gasteiger partial charge in [-0.1, -0.05) is 38.6 Å². The average Bonchev–Trinajstić information content (AvgIpc) is 2.50. The van der Waals surface area contributed by atoms with Crippen molar-refractivity contribution in [2.75, 3.05) is 5.32 Å². The largest absolute Gasteiger partial charge is 0.359 e. The Labute approximate surface area is 127 Å². The van der Waals surface area contributed by atoms with E-state index in [4.69, 9.17) is 0 Å². The van der Waals surface area contributed by atoms with Gasteiger partial charge in [-0.2, -0.15) is 0 Å². The van der Waals surface area contributed by atoms with Gasteiger partial charge in [0, 0.05) is 29.2 Å². The van der Waals surface area contributed by atoms with Crippen LogP contribution in [0, 0.1) is 5.41 Å². The van der Waals surface area contributed by atoms with E-state index in [1.807, 2.05) is 30.6 Å². The highest BCUT2D eigenvalue weighted by Gasteiger charge is 2.17. The van der Waals surface area contributed by atoms with Gasteiger partial charge in [-0.15, -0.1) is 6.58 Å². The molecule has 0 radical (unpaired) electrons. The van der Waals surface area contributed by atoms with Crippen LogP contribution in [0.3, 0.4) is 0 Å². The first kappa shape index (κ1) is 15.0. The van der Waals surface area contributed by atoms with E-state index in [1.54, 1.807) is 0 Å². The Bertz CT molecular complexity index is 610. The van der Waals surface area contributed by atoms with Gasteiger partial charge in [0.2, 0.25) is 0 Å². The van der Waals surface area contributed by atoms with Crippen LogP contribution in [0.2, 0.25) is 0 Å². The number of pyridine rings is 1. The first-order valence-corrected chi connectivity index (χ1v) is 7.09. The SMILES string of the molecule is C=CC(C)(C)C(=C)Nc1ccc(Cc2ccncc2)cc1. The zero-order valence-electron chi connectivity index (χ0n) is 12.8. The lowest BCUT2D eigenvalue weighted by atomic mass is 9.90. The van der Waals surface area contributed by atoms with Gasteiger partial charge in [0.1, 0.15) is 0 Å². The van der Waals surface area contributed by atoms with Crippen molar-refractivity contribution in [3.05, 3.63) is 84.8 Å². The summed E-state index contributed by atoms with van der Waals surface area (Å²) in [5, 5.41) is 3.35. The highest BCUT2D eigenvalue weighted by Crippen LogP contribution is 2.27. The Kier molecular flexibility index (Phi) is 4.59. The summed E-state index contributed by atoms with van der Waals surface area (Å²) in [7, 11) is 0. The minimum absolute atomic E-state index is 0.129. The molecule has 2 rings (SSSR count). The van der Waals surface area contributed by atoms with E-state index in [9.17, 15) is 0 Å². The van der Waals surface area contributed by atoms with Crippen LogP contribution in [0.25, 0.3) is 0 Å². The molecule has 0 saturated carbocycles. The molecule has 0 atom stereocenters. The van der Waals surface area contributed by atoms with Crippen LogP contribution in [-0.2, 0) is 6.42 Å². The second kappa shape index (κ2) is 6.40. The lowest BCUT2D eigenvalue weighted by Gasteiger charge is -2.24. The van der Waals surface area contributed by atoms with Crippen LogP contribution in [0.4, 0.5) is 5.69 Å². The predicted molar refractivity (Wildman–Crippen MR) is 90.2 cm³/mol. The number of rotatable bonds is 6. The van der Waals surface area contributed by atoms with Crippen molar-refractivity contribution >= 4 is 5.69 Å². The summed E-state index contributed by atoms with van der Waals surface area (Å²) in [5.41, 5.74) is 4.41. The van der Waals surface area contributed by atoms with E-state index in [0.717, 1.165) is 17.8 Å². The maximum atomic E-state index is 4.09. The highest BCUT2D eigenvalue weighted by molar-refractivity contribution is 5.50. The topological polar surface area (TPSA) is 24.9 Å². The smallest absolute Gasteiger partial charge is 0.0382 e. The Hall–Kier alpha value is -2.35. The minimum atomic E-state index is -0.129. The fraction of sp³-hybridized carbons (Fsp3) is 0.211. The average molecular weight is 278 g/mol. The van der Waals surface area contributed by atoms with Crippen LogP contribution >= 0.6 is 0 Å². The summed E-state index contributed by atoms with van der Waals surface area (Å²) in [6.45, 7) is 12.1. The molecule has 1 aromatic carbocycles. The number of allylic oxidation sites excluding steroid dienone is 1. The third-order valence-electron chi connectivity index (χ3n) is 3.69. The molecular weight excluding hydrogens is 256 g/mol. The molecule has 2 nitrogen and oxygen atoms in total. The van der Waals surface area contributed by atoms with Crippen LogP contribution in [-0.4, -0.2) is 4.98 Å². The number of anilines is 1. The fourth-order valence-electron chi connectivity index (χ4n) is 1.90. The number of aromatic nitrogens is 1. The summed E-state index contributed by atoms with van der Waals surface area (Å²) in [6.07, 6.45) is 6.47. The monoisotopic (exact) mass is 278 g/mol. The van der Waals surface area contributed by atoms with E-state index >= 15 is 0 Å². The van der Waals surface area contributed by atoms with Gasteiger partial charge in [-0.3, -0.25) is 4.98 Å². The van der Waals surface area contributed by atoms with E-state index in [2.05, 4.69) is 61.6 Å². The van der Waals surface area contributed by atoms with Gasteiger partial charge >= 0.3 is 0 Å². The Morgan fingerprint density at radius 2 is 1.67 bits per heavy atom. The third-order valence-corrected chi connectivity index (χ3v) is 3.69. The number of nitrogens with zero attached hydrogens (tertiary/aromatic N) is 1. The minimum Gasteiger partial charge on any atom is -0.359 e.